The van der Waals surface area contributed by atoms with Gasteiger partial charge in [-0.15, -0.1) is 0 Å². The Morgan fingerprint density at radius 3 is 2.17 bits per heavy atom. The Kier molecular flexibility index (Phi) is 5.77. The summed E-state index contributed by atoms with van der Waals surface area (Å²) in [4.78, 5) is 39.0. The van der Waals surface area contributed by atoms with Crippen LogP contribution in [0.3, 0.4) is 0 Å². The average Bonchev–Trinajstić information content (AvgIpc) is 3.03. The molecule has 0 bridgehead atoms. The zero-order valence-electron chi connectivity index (χ0n) is 15.9. The van der Waals surface area contributed by atoms with E-state index >= 15 is 0 Å². The Balaban J connectivity index is 1.43. The summed E-state index contributed by atoms with van der Waals surface area (Å²) in [6.07, 6.45) is 1.72. The summed E-state index contributed by atoms with van der Waals surface area (Å²) >= 11 is 0.940. The number of amides is 3. The van der Waals surface area contributed by atoms with Crippen LogP contribution in [0.25, 0.3) is 6.08 Å². The molecule has 3 aromatic rings. The molecule has 0 radical (unpaired) electrons. The molecular weight excluding hydrogens is 396 g/mol. The van der Waals surface area contributed by atoms with Crippen molar-refractivity contribution in [2.24, 2.45) is 0 Å². The number of hydrogen-bond acceptors (Lipinski definition) is 4. The van der Waals surface area contributed by atoms with Gasteiger partial charge in [0, 0.05) is 11.3 Å². The van der Waals surface area contributed by atoms with Crippen LogP contribution in [0.5, 0.6) is 0 Å². The molecule has 0 saturated carbocycles. The standard InChI is InChI=1S/C24H18N2O3S/c27-22(25-20-9-5-2-6-10-20)19-13-11-18(12-14-19)16-26-23(28)21(30-24(26)29)15-17-7-3-1-4-8-17/h1-15H,16H2,(H,25,27)/b21-15-. The number of thioether (sulfide) groups is 1. The zero-order valence-corrected chi connectivity index (χ0v) is 16.8. The number of rotatable bonds is 5. The van der Waals surface area contributed by atoms with Crippen molar-refractivity contribution in [2.45, 2.75) is 6.54 Å². The maximum atomic E-state index is 12.7. The highest BCUT2D eigenvalue weighted by Crippen LogP contribution is 2.33. The highest BCUT2D eigenvalue weighted by Gasteiger charge is 2.34. The Hall–Kier alpha value is -3.64. The SMILES string of the molecule is O=C(Nc1ccccc1)c1ccc(CN2C(=O)S/C(=C\c3ccccc3)C2=O)cc1. The fraction of sp³-hybridized carbons (Fsp3) is 0.0417. The molecule has 6 heteroatoms. The highest BCUT2D eigenvalue weighted by atomic mass is 32.2. The molecule has 1 aliphatic rings. The summed E-state index contributed by atoms with van der Waals surface area (Å²) in [5, 5.41) is 2.53. The number of nitrogens with zero attached hydrogens (tertiary/aromatic N) is 1. The monoisotopic (exact) mass is 414 g/mol. The van der Waals surface area contributed by atoms with Crippen LogP contribution < -0.4 is 5.32 Å². The molecule has 0 spiro atoms. The van der Waals surface area contributed by atoms with E-state index in [-0.39, 0.29) is 23.6 Å². The lowest BCUT2D eigenvalue weighted by Crippen LogP contribution is -2.27. The summed E-state index contributed by atoms with van der Waals surface area (Å²) in [6, 6.07) is 25.5. The molecular formula is C24H18N2O3S. The number of nitrogens with one attached hydrogen (secondary N) is 1. The normalized spacial score (nSPS) is 14.9. The predicted octanol–water partition coefficient (Wildman–Crippen LogP) is 5.18. The van der Waals surface area contributed by atoms with Gasteiger partial charge in [0.15, 0.2) is 0 Å². The van der Waals surface area contributed by atoms with Crippen molar-refractivity contribution in [1.82, 2.24) is 4.90 Å². The van der Waals surface area contributed by atoms with Crippen molar-refractivity contribution in [1.29, 1.82) is 0 Å². The Labute approximate surface area is 178 Å². The molecule has 1 aliphatic heterocycles. The quantitative estimate of drug-likeness (QED) is 0.585. The minimum Gasteiger partial charge on any atom is -0.322 e. The van der Waals surface area contributed by atoms with E-state index in [0.29, 0.717) is 10.5 Å². The van der Waals surface area contributed by atoms with E-state index in [0.717, 1.165) is 28.6 Å². The van der Waals surface area contributed by atoms with Gasteiger partial charge in [-0.25, -0.2) is 0 Å². The molecule has 0 unspecified atom stereocenters. The molecule has 1 saturated heterocycles. The van der Waals surface area contributed by atoms with Crippen LogP contribution in [0.4, 0.5) is 10.5 Å². The van der Waals surface area contributed by atoms with Gasteiger partial charge in [0.2, 0.25) is 0 Å². The number of hydrogen-bond donors (Lipinski definition) is 1. The van der Waals surface area contributed by atoms with E-state index in [9.17, 15) is 14.4 Å². The lowest BCUT2D eigenvalue weighted by atomic mass is 10.1. The Bertz CT molecular complexity index is 1110. The summed E-state index contributed by atoms with van der Waals surface area (Å²) < 4.78 is 0. The largest absolute Gasteiger partial charge is 0.322 e. The second kappa shape index (κ2) is 8.80. The third-order valence-corrected chi connectivity index (χ3v) is 5.47. The van der Waals surface area contributed by atoms with E-state index in [4.69, 9.17) is 0 Å². The Morgan fingerprint density at radius 2 is 1.50 bits per heavy atom. The number of para-hydroxylation sites is 1. The van der Waals surface area contributed by atoms with Gasteiger partial charge in [-0.2, -0.15) is 0 Å². The van der Waals surface area contributed by atoms with Crippen LogP contribution in [0.1, 0.15) is 21.5 Å². The van der Waals surface area contributed by atoms with E-state index < -0.39 is 0 Å². The smallest absolute Gasteiger partial charge is 0.293 e. The first kappa shape index (κ1) is 19.7. The first-order chi connectivity index (χ1) is 14.6. The van der Waals surface area contributed by atoms with Crippen molar-refractivity contribution in [3.8, 4) is 0 Å². The minimum atomic E-state index is -0.306. The molecule has 148 valence electrons. The van der Waals surface area contributed by atoms with Crippen molar-refractivity contribution in [3.05, 3.63) is 107 Å². The number of anilines is 1. The van der Waals surface area contributed by atoms with Crippen molar-refractivity contribution in [3.63, 3.8) is 0 Å². The van der Waals surface area contributed by atoms with Crippen molar-refractivity contribution < 1.29 is 14.4 Å². The van der Waals surface area contributed by atoms with Crippen LogP contribution >= 0.6 is 11.8 Å². The number of carbonyl (C=O) groups excluding carboxylic acids is 3. The van der Waals surface area contributed by atoms with E-state index in [1.165, 1.54) is 4.90 Å². The molecule has 30 heavy (non-hydrogen) atoms. The summed E-state index contributed by atoms with van der Waals surface area (Å²) in [6.45, 7) is 0.164. The summed E-state index contributed by atoms with van der Waals surface area (Å²) in [7, 11) is 0. The molecule has 0 aliphatic carbocycles. The zero-order chi connectivity index (χ0) is 20.9. The predicted molar refractivity (Wildman–Crippen MR) is 119 cm³/mol. The van der Waals surface area contributed by atoms with Gasteiger partial charge in [0.1, 0.15) is 0 Å². The van der Waals surface area contributed by atoms with Gasteiger partial charge < -0.3 is 5.32 Å². The van der Waals surface area contributed by atoms with Crippen LogP contribution in [0, 0.1) is 0 Å². The molecule has 0 aromatic heterocycles. The third-order valence-electron chi connectivity index (χ3n) is 4.56. The number of carbonyl (C=O) groups is 3. The van der Waals surface area contributed by atoms with Crippen LogP contribution in [-0.2, 0) is 11.3 Å². The van der Waals surface area contributed by atoms with Crippen LogP contribution in [0.15, 0.2) is 89.8 Å². The lowest BCUT2D eigenvalue weighted by molar-refractivity contribution is -0.123. The average molecular weight is 414 g/mol. The number of imide groups is 1. The summed E-state index contributed by atoms with van der Waals surface area (Å²) in [5.74, 6) is -0.524. The molecule has 3 amide bonds. The first-order valence-electron chi connectivity index (χ1n) is 9.36. The second-order valence-electron chi connectivity index (χ2n) is 6.70. The highest BCUT2D eigenvalue weighted by molar-refractivity contribution is 8.18. The second-order valence-corrected chi connectivity index (χ2v) is 7.69. The molecule has 5 nitrogen and oxygen atoms in total. The van der Waals surface area contributed by atoms with Gasteiger partial charge in [-0.3, -0.25) is 19.3 Å². The van der Waals surface area contributed by atoms with Gasteiger partial charge in [0.05, 0.1) is 11.4 Å². The van der Waals surface area contributed by atoms with Crippen LogP contribution in [-0.4, -0.2) is 22.0 Å². The fourth-order valence-corrected chi connectivity index (χ4v) is 3.84. The van der Waals surface area contributed by atoms with E-state index in [2.05, 4.69) is 5.32 Å². The maximum absolute atomic E-state index is 12.7. The maximum Gasteiger partial charge on any atom is 0.293 e. The van der Waals surface area contributed by atoms with Gasteiger partial charge >= 0.3 is 0 Å². The fourth-order valence-electron chi connectivity index (χ4n) is 3.01. The molecule has 4 rings (SSSR count). The van der Waals surface area contributed by atoms with Gasteiger partial charge in [0.25, 0.3) is 17.1 Å². The first-order valence-corrected chi connectivity index (χ1v) is 10.2. The Morgan fingerprint density at radius 1 is 0.867 bits per heavy atom. The topological polar surface area (TPSA) is 66.5 Å². The minimum absolute atomic E-state index is 0.164. The van der Waals surface area contributed by atoms with Gasteiger partial charge in [-0.1, -0.05) is 60.7 Å². The molecule has 3 aromatic carbocycles. The third kappa shape index (κ3) is 4.50. The van der Waals surface area contributed by atoms with E-state index in [1.54, 1.807) is 30.3 Å². The molecule has 1 heterocycles. The number of benzene rings is 3. The molecule has 0 atom stereocenters. The molecule has 1 N–H and O–H groups in total. The van der Waals surface area contributed by atoms with E-state index in [1.807, 2.05) is 60.7 Å². The lowest BCUT2D eigenvalue weighted by Gasteiger charge is -2.13. The van der Waals surface area contributed by atoms with Crippen LogP contribution in [0.2, 0.25) is 0 Å². The van der Waals surface area contributed by atoms with Gasteiger partial charge in [-0.05, 0) is 53.2 Å². The molecule has 1 fully saturated rings. The van der Waals surface area contributed by atoms with Crippen molar-refractivity contribution >= 4 is 40.6 Å². The summed E-state index contributed by atoms with van der Waals surface area (Å²) in [5.41, 5.74) is 2.86. The van der Waals surface area contributed by atoms with Crippen molar-refractivity contribution in [2.75, 3.05) is 5.32 Å².